The fraction of sp³-hybridized carbons (Fsp3) is 0.222. The number of rotatable bonds is 5. The van der Waals surface area contributed by atoms with Crippen LogP contribution in [0.15, 0.2) is 75.8 Å². The average molecular weight is 565 g/mol. The summed E-state index contributed by atoms with van der Waals surface area (Å²) in [4.78, 5) is 19.6. The second-order valence-electron chi connectivity index (χ2n) is 9.00. The van der Waals surface area contributed by atoms with Crippen molar-refractivity contribution >= 4 is 55.9 Å². The van der Waals surface area contributed by atoms with Crippen molar-refractivity contribution < 1.29 is 9.21 Å². The SMILES string of the molecule is O=C(c1cc2ccccc2o1)N1CCC(CNc2cc(-c3ccccc3Cl)nc3c(Br)cnn23)CC1. The van der Waals surface area contributed by atoms with Crippen LogP contribution in [0.5, 0.6) is 0 Å². The summed E-state index contributed by atoms with van der Waals surface area (Å²) < 4.78 is 8.39. The Labute approximate surface area is 221 Å². The highest BCUT2D eigenvalue weighted by Gasteiger charge is 2.26. The molecule has 1 N–H and O–H groups in total. The number of furan rings is 1. The van der Waals surface area contributed by atoms with Crippen molar-refractivity contribution in [3.8, 4) is 11.3 Å². The number of anilines is 1. The summed E-state index contributed by atoms with van der Waals surface area (Å²) in [6, 6.07) is 19.2. The molecular formula is C27H23BrClN5O2. The summed E-state index contributed by atoms with van der Waals surface area (Å²) in [6.07, 6.45) is 3.56. The molecule has 9 heteroatoms. The smallest absolute Gasteiger partial charge is 0.289 e. The molecule has 2 aromatic carbocycles. The van der Waals surface area contributed by atoms with Crippen LogP contribution in [-0.2, 0) is 0 Å². The normalized spacial score (nSPS) is 14.6. The second kappa shape index (κ2) is 9.59. The van der Waals surface area contributed by atoms with Gasteiger partial charge in [-0.1, -0.05) is 48.0 Å². The highest BCUT2D eigenvalue weighted by atomic mass is 79.9. The lowest BCUT2D eigenvalue weighted by Crippen LogP contribution is -2.39. The van der Waals surface area contributed by atoms with E-state index in [1.54, 1.807) is 10.7 Å². The molecule has 6 rings (SSSR count). The minimum atomic E-state index is -0.0424. The molecule has 4 heterocycles. The molecule has 5 aromatic rings. The molecule has 1 amide bonds. The Morgan fingerprint density at radius 2 is 1.89 bits per heavy atom. The first-order valence-electron chi connectivity index (χ1n) is 11.9. The Kier molecular flexibility index (Phi) is 6.15. The molecule has 7 nitrogen and oxygen atoms in total. The van der Waals surface area contributed by atoms with Gasteiger partial charge in [-0.05, 0) is 52.9 Å². The minimum absolute atomic E-state index is 0.0424. The summed E-state index contributed by atoms with van der Waals surface area (Å²) in [5.74, 6) is 1.64. The first-order chi connectivity index (χ1) is 17.6. The molecule has 1 fully saturated rings. The number of carbonyl (C=O) groups is 1. The van der Waals surface area contributed by atoms with E-state index in [9.17, 15) is 4.79 Å². The van der Waals surface area contributed by atoms with Gasteiger partial charge in [-0.3, -0.25) is 4.79 Å². The van der Waals surface area contributed by atoms with Crippen molar-refractivity contribution in [3.63, 3.8) is 0 Å². The Bertz CT molecular complexity index is 1540. The topological polar surface area (TPSA) is 75.7 Å². The predicted octanol–water partition coefficient (Wildman–Crippen LogP) is 6.52. The predicted molar refractivity (Wildman–Crippen MR) is 144 cm³/mol. The maximum atomic E-state index is 13.0. The number of piperidine rings is 1. The number of likely N-dealkylation sites (tertiary alicyclic amines) is 1. The largest absolute Gasteiger partial charge is 0.451 e. The van der Waals surface area contributed by atoms with Gasteiger partial charge in [0.25, 0.3) is 5.91 Å². The van der Waals surface area contributed by atoms with Gasteiger partial charge < -0.3 is 14.6 Å². The molecule has 3 aromatic heterocycles. The number of nitrogens with one attached hydrogen (secondary N) is 1. The van der Waals surface area contributed by atoms with E-state index in [-0.39, 0.29) is 5.91 Å². The van der Waals surface area contributed by atoms with Gasteiger partial charge in [0.2, 0.25) is 0 Å². The summed E-state index contributed by atoms with van der Waals surface area (Å²) in [7, 11) is 0. The second-order valence-corrected chi connectivity index (χ2v) is 10.3. The fourth-order valence-corrected chi connectivity index (χ4v) is 5.28. The van der Waals surface area contributed by atoms with Crippen molar-refractivity contribution in [2.75, 3.05) is 25.0 Å². The number of amides is 1. The van der Waals surface area contributed by atoms with Gasteiger partial charge in [0.05, 0.1) is 16.4 Å². The van der Waals surface area contributed by atoms with Crippen LogP contribution >= 0.6 is 27.5 Å². The first kappa shape index (κ1) is 23.1. The summed E-state index contributed by atoms with van der Waals surface area (Å²) in [5, 5.41) is 9.64. The Morgan fingerprint density at radius 3 is 2.69 bits per heavy atom. The summed E-state index contributed by atoms with van der Waals surface area (Å²) in [5.41, 5.74) is 3.12. The number of hydrogen-bond donors (Lipinski definition) is 1. The summed E-state index contributed by atoms with van der Waals surface area (Å²) >= 11 is 10.0. The van der Waals surface area contributed by atoms with Crippen LogP contribution < -0.4 is 5.32 Å². The lowest BCUT2D eigenvalue weighted by atomic mass is 9.96. The molecule has 1 aliphatic heterocycles. The van der Waals surface area contributed by atoms with E-state index < -0.39 is 0 Å². The van der Waals surface area contributed by atoms with Gasteiger partial charge in [0.1, 0.15) is 11.4 Å². The van der Waals surface area contributed by atoms with E-state index in [1.807, 2.05) is 65.6 Å². The van der Waals surface area contributed by atoms with Crippen molar-refractivity contribution in [2.24, 2.45) is 5.92 Å². The molecule has 1 saturated heterocycles. The Morgan fingerprint density at radius 1 is 1.11 bits per heavy atom. The van der Waals surface area contributed by atoms with Crippen molar-refractivity contribution in [3.05, 3.63) is 82.1 Å². The zero-order chi connectivity index (χ0) is 24.6. The van der Waals surface area contributed by atoms with E-state index in [0.717, 1.165) is 57.6 Å². The van der Waals surface area contributed by atoms with Gasteiger partial charge in [0, 0.05) is 41.7 Å². The number of halogens is 2. The number of hydrogen-bond acceptors (Lipinski definition) is 5. The number of carbonyl (C=O) groups excluding carboxylic acids is 1. The number of aromatic nitrogens is 3. The van der Waals surface area contributed by atoms with Crippen LogP contribution in [0.4, 0.5) is 5.82 Å². The fourth-order valence-electron chi connectivity index (χ4n) is 4.70. The zero-order valence-electron chi connectivity index (χ0n) is 19.3. The molecule has 0 bridgehead atoms. The minimum Gasteiger partial charge on any atom is -0.451 e. The van der Waals surface area contributed by atoms with Crippen molar-refractivity contribution in [1.82, 2.24) is 19.5 Å². The van der Waals surface area contributed by atoms with Crippen molar-refractivity contribution in [1.29, 1.82) is 0 Å². The molecule has 36 heavy (non-hydrogen) atoms. The maximum absolute atomic E-state index is 13.0. The molecule has 0 aliphatic carbocycles. The monoisotopic (exact) mass is 563 g/mol. The van der Waals surface area contributed by atoms with E-state index in [1.165, 1.54) is 0 Å². The first-order valence-corrected chi connectivity index (χ1v) is 13.0. The van der Waals surface area contributed by atoms with Crippen molar-refractivity contribution in [2.45, 2.75) is 12.8 Å². The van der Waals surface area contributed by atoms with Crippen LogP contribution in [0.1, 0.15) is 23.4 Å². The van der Waals surface area contributed by atoms with E-state index in [2.05, 4.69) is 26.3 Å². The lowest BCUT2D eigenvalue weighted by molar-refractivity contribution is 0.0665. The van der Waals surface area contributed by atoms with Gasteiger partial charge >= 0.3 is 0 Å². The molecule has 182 valence electrons. The summed E-state index contributed by atoms with van der Waals surface area (Å²) in [6.45, 7) is 2.17. The number of fused-ring (bicyclic) bond motifs is 2. The Balaban J connectivity index is 1.14. The number of para-hydroxylation sites is 1. The molecule has 0 radical (unpaired) electrons. The van der Waals surface area contributed by atoms with Crippen LogP contribution in [-0.4, -0.2) is 45.0 Å². The van der Waals surface area contributed by atoms with Crippen LogP contribution in [0.3, 0.4) is 0 Å². The molecular weight excluding hydrogens is 542 g/mol. The molecule has 1 aliphatic rings. The number of nitrogens with zero attached hydrogens (tertiary/aromatic N) is 4. The van der Waals surface area contributed by atoms with Gasteiger partial charge in [0.15, 0.2) is 11.4 Å². The van der Waals surface area contributed by atoms with E-state index in [0.29, 0.717) is 29.8 Å². The molecule has 0 unspecified atom stereocenters. The third-order valence-corrected chi connectivity index (χ3v) is 7.58. The van der Waals surface area contributed by atoms with Crippen LogP contribution in [0.25, 0.3) is 27.9 Å². The zero-order valence-corrected chi connectivity index (χ0v) is 21.7. The molecule has 0 atom stereocenters. The van der Waals surface area contributed by atoms with Crippen LogP contribution in [0.2, 0.25) is 5.02 Å². The van der Waals surface area contributed by atoms with Gasteiger partial charge in [-0.2, -0.15) is 9.61 Å². The number of benzene rings is 2. The Hall–Kier alpha value is -3.36. The third kappa shape index (κ3) is 4.35. The third-order valence-electron chi connectivity index (χ3n) is 6.69. The van der Waals surface area contributed by atoms with E-state index >= 15 is 0 Å². The highest BCUT2D eigenvalue weighted by Crippen LogP contribution is 2.31. The quantitative estimate of drug-likeness (QED) is 0.263. The highest BCUT2D eigenvalue weighted by molar-refractivity contribution is 9.10. The maximum Gasteiger partial charge on any atom is 0.289 e. The molecule has 0 saturated carbocycles. The molecule has 0 spiro atoms. The van der Waals surface area contributed by atoms with Gasteiger partial charge in [-0.25, -0.2) is 4.98 Å². The standard InChI is InChI=1S/C27H23BrClN5O2/c28-20-16-31-34-25(14-22(32-26(20)34)19-6-2-3-7-21(19)29)30-15-17-9-11-33(12-10-17)27(35)24-13-18-5-1-4-8-23(18)36-24/h1-8,13-14,16-17,30H,9-12,15H2. The van der Waals surface area contributed by atoms with E-state index in [4.69, 9.17) is 21.0 Å². The average Bonchev–Trinajstić information content (AvgIpc) is 3.51. The van der Waals surface area contributed by atoms with Crippen LogP contribution in [0, 0.1) is 5.92 Å². The van der Waals surface area contributed by atoms with Gasteiger partial charge in [-0.15, -0.1) is 0 Å². The lowest BCUT2D eigenvalue weighted by Gasteiger charge is -2.31.